The summed E-state index contributed by atoms with van der Waals surface area (Å²) in [6.45, 7) is 0.660. The zero-order valence-corrected chi connectivity index (χ0v) is 10.5. The van der Waals surface area contributed by atoms with E-state index in [0.29, 0.717) is 18.2 Å². The van der Waals surface area contributed by atoms with Gasteiger partial charge in [0.15, 0.2) is 0 Å². The first-order valence-corrected chi connectivity index (χ1v) is 5.82. The molecule has 1 saturated carbocycles. The van der Waals surface area contributed by atoms with Gasteiger partial charge in [0.2, 0.25) is 0 Å². The quantitative estimate of drug-likeness (QED) is 0.870. The Labute approximate surface area is 108 Å². The molecule has 0 aliphatic heterocycles. The van der Waals surface area contributed by atoms with Crippen molar-refractivity contribution in [2.24, 2.45) is 0 Å². The molecule has 1 fully saturated rings. The van der Waals surface area contributed by atoms with Crippen molar-refractivity contribution >= 4 is 18.4 Å². The van der Waals surface area contributed by atoms with Crippen molar-refractivity contribution in [3.63, 3.8) is 0 Å². The number of carboxylic acid groups (broad SMARTS) is 1. The Bertz CT molecular complexity index is 375. The maximum Gasteiger partial charge on any atom is 0.336 e. The standard InChI is InChI=1S/C13H17NO2.ClH/c15-13(16)12-8-4-1-5-10(12)9-14-11-6-2-3-7-11;/h1,4-5,8,11,14H,2-3,6-7,9H2,(H,15,16);1H. The average Bonchev–Trinajstić information content (AvgIpc) is 2.79. The van der Waals surface area contributed by atoms with E-state index >= 15 is 0 Å². The molecule has 0 bridgehead atoms. The van der Waals surface area contributed by atoms with Gasteiger partial charge in [-0.3, -0.25) is 0 Å². The first kappa shape index (κ1) is 14.0. The van der Waals surface area contributed by atoms with E-state index in [1.807, 2.05) is 12.1 Å². The Morgan fingerprint density at radius 1 is 1.29 bits per heavy atom. The summed E-state index contributed by atoms with van der Waals surface area (Å²) in [7, 11) is 0. The largest absolute Gasteiger partial charge is 0.478 e. The summed E-state index contributed by atoms with van der Waals surface area (Å²) in [5, 5.41) is 12.5. The summed E-state index contributed by atoms with van der Waals surface area (Å²) in [5.41, 5.74) is 1.29. The lowest BCUT2D eigenvalue weighted by Gasteiger charge is -2.13. The molecule has 0 saturated heterocycles. The Hall–Kier alpha value is -1.06. The van der Waals surface area contributed by atoms with Gasteiger partial charge in [-0.15, -0.1) is 12.4 Å². The van der Waals surface area contributed by atoms with Crippen LogP contribution in [0.3, 0.4) is 0 Å². The monoisotopic (exact) mass is 255 g/mol. The second kappa shape index (κ2) is 6.62. The van der Waals surface area contributed by atoms with Crippen molar-refractivity contribution in [3.8, 4) is 0 Å². The van der Waals surface area contributed by atoms with Crippen LogP contribution in [0.15, 0.2) is 24.3 Å². The Morgan fingerprint density at radius 2 is 1.94 bits per heavy atom. The van der Waals surface area contributed by atoms with Crippen LogP contribution in [-0.4, -0.2) is 17.1 Å². The third kappa shape index (κ3) is 3.72. The number of hydrogen-bond donors (Lipinski definition) is 2. The van der Waals surface area contributed by atoms with Crippen molar-refractivity contribution < 1.29 is 9.90 Å². The lowest BCUT2D eigenvalue weighted by molar-refractivity contribution is 0.0695. The summed E-state index contributed by atoms with van der Waals surface area (Å²) in [5.74, 6) is -0.844. The van der Waals surface area contributed by atoms with E-state index in [1.54, 1.807) is 12.1 Å². The summed E-state index contributed by atoms with van der Waals surface area (Å²) in [6.07, 6.45) is 5.01. The van der Waals surface area contributed by atoms with Crippen LogP contribution >= 0.6 is 12.4 Å². The number of carboxylic acids is 1. The number of rotatable bonds is 4. The van der Waals surface area contributed by atoms with Crippen LogP contribution in [0.4, 0.5) is 0 Å². The minimum atomic E-state index is -0.844. The molecule has 2 rings (SSSR count). The zero-order valence-electron chi connectivity index (χ0n) is 9.69. The number of aromatic carboxylic acids is 1. The molecule has 1 aliphatic rings. The lowest BCUT2D eigenvalue weighted by Crippen LogP contribution is -2.26. The fourth-order valence-corrected chi connectivity index (χ4v) is 2.27. The van der Waals surface area contributed by atoms with Crippen LogP contribution in [0, 0.1) is 0 Å². The Balaban J connectivity index is 0.00000144. The fraction of sp³-hybridized carbons (Fsp3) is 0.462. The average molecular weight is 256 g/mol. The molecule has 3 nitrogen and oxygen atoms in total. The molecule has 0 radical (unpaired) electrons. The van der Waals surface area contributed by atoms with Gasteiger partial charge >= 0.3 is 5.97 Å². The normalized spacial score (nSPS) is 15.5. The number of benzene rings is 1. The van der Waals surface area contributed by atoms with Gasteiger partial charge in [-0.25, -0.2) is 4.79 Å². The highest BCUT2D eigenvalue weighted by molar-refractivity contribution is 5.89. The second-order valence-corrected chi connectivity index (χ2v) is 4.32. The molecule has 0 amide bonds. The molecular formula is C13H18ClNO2. The number of carbonyl (C=O) groups is 1. The van der Waals surface area contributed by atoms with E-state index in [2.05, 4.69) is 5.32 Å². The maximum atomic E-state index is 11.0. The summed E-state index contributed by atoms with van der Waals surface area (Å²) in [4.78, 5) is 11.0. The highest BCUT2D eigenvalue weighted by Crippen LogP contribution is 2.18. The Kier molecular flexibility index (Phi) is 5.45. The number of nitrogens with one attached hydrogen (secondary N) is 1. The first-order valence-electron chi connectivity index (χ1n) is 5.82. The minimum Gasteiger partial charge on any atom is -0.478 e. The van der Waals surface area contributed by atoms with Gasteiger partial charge in [0, 0.05) is 12.6 Å². The van der Waals surface area contributed by atoms with Crippen LogP contribution < -0.4 is 5.32 Å². The molecule has 0 heterocycles. The van der Waals surface area contributed by atoms with Crippen molar-refractivity contribution in [2.75, 3.05) is 0 Å². The molecule has 1 aliphatic carbocycles. The van der Waals surface area contributed by atoms with E-state index in [9.17, 15) is 4.79 Å². The SMILES string of the molecule is Cl.O=C(O)c1ccccc1CNC1CCCC1. The molecule has 1 aromatic carbocycles. The first-order chi connectivity index (χ1) is 7.77. The zero-order chi connectivity index (χ0) is 11.4. The third-order valence-corrected chi connectivity index (χ3v) is 3.18. The van der Waals surface area contributed by atoms with Crippen molar-refractivity contribution in [3.05, 3.63) is 35.4 Å². The fourth-order valence-electron chi connectivity index (χ4n) is 2.27. The van der Waals surface area contributed by atoms with Gasteiger partial charge < -0.3 is 10.4 Å². The van der Waals surface area contributed by atoms with Crippen LogP contribution in [0.1, 0.15) is 41.6 Å². The van der Waals surface area contributed by atoms with Gasteiger partial charge in [0.1, 0.15) is 0 Å². The predicted octanol–water partition coefficient (Wildman–Crippen LogP) is 2.84. The van der Waals surface area contributed by atoms with Crippen LogP contribution in [-0.2, 0) is 6.54 Å². The molecule has 17 heavy (non-hydrogen) atoms. The molecule has 0 aromatic heterocycles. The molecule has 94 valence electrons. The molecular weight excluding hydrogens is 238 g/mol. The van der Waals surface area contributed by atoms with E-state index in [-0.39, 0.29) is 12.4 Å². The van der Waals surface area contributed by atoms with E-state index in [4.69, 9.17) is 5.11 Å². The van der Waals surface area contributed by atoms with Gasteiger partial charge in [0.05, 0.1) is 5.56 Å². The van der Waals surface area contributed by atoms with Crippen LogP contribution in [0.5, 0.6) is 0 Å². The number of hydrogen-bond acceptors (Lipinski definition) is 2. The summed E-state index contributed by atoms with van der Waals surface area (Å²) >= 11 is 0. The van der Waals surface area contributed by atoms with Crippen LogP contribution in [0.2, 0.25) is 0 Å². The maximum absolute atomic E-state index is 11.0. The molecule has 2 N–H and O–H groups in total. The molecule has 0 unspecified atom stereocenters. The predicted molar refractivity (Wildman–Crippen MR) is 69.7 cm³/mol. The van der Waals surface area contributed by atoms with E-state index in [1.165, 1.54) is 25.7 Å². The van der Waals surface area contributed by atoms with Crippen molar-refractivity contribution in [2.45, 2.75) is 38.3 Å². The highest BCUT2D eigenvalue weighted by atomic mass is 35.5. The van der Waals surface area contributed by atoms with Gasteiger partial charge in [-0.05, 0) is 24.5 Å². The summed E-state index contributed by atoms with van der Waals surface area (Å²) in [6, 6.07) is 7.77. The third-order valence-electron chi connectivity index (χ3n) is 3.18. The Morgan fingerprint density at radius 3 is 2.59 bits per heavy atom. The molecule has 0 spiro atoms. The summed E-state index contributed by atoms with van der Waals surface area (Å²) < 4.78 is 0. The highest BCUT2D eigenvalue weighted by Gasteiger charge is 2.15. The molecule has 4 heteroatoms. The smallest absolute Gasteiger partial charge is 0.336 e. The van der Waals surface area contributed by atoms with Gasteiger partial charge in [0.25, 0.3) is 0 Å². The van der Waals surface area contributed by atoms with Crippen molar-refractivity contribution in [1.82, 2.24) is 5.32 Å². The van der Waals surface area contributed by atoms with Crippen molar-refractivity contribution in [1.29, 1.82) is 0 Å². The van der Waals surface area contributed by atoms with Gasteiger partial charge in [-0.1, -0.05) is 31.0 Å². The molecule has 1 aromatic rings. The van der Waals surface area contributed by atoms with E-state index < -0.39 is 5.97 Å². The topological polar surface area (TPSA) is 49.3 Å². The molecule has 0 atom stereocenters. The van der Waals surface area contributed by atoms with Gasteiger partial charge in [-0.2, -0.15) is 0 Å². The van der Waals surface area contributed by atoms with Crippen LogP contribution in [0.25, 0.3) is 0 Å². The lowest BCUT2D eigenvalue weighted by atomic mass is 10.1. The second-order valence-electron chi connectivity index (χ2n) is 4.32. The van der Waals surface area contributed by atoms with E-state index in [0.717, 1.165) is 5.56 Å². The minimum absolute atomic E-state index is 0. The number of halogens is 1.